The van der Waals surface area contributed by atoms with E-state index in [1.165, 1.54) is 12.3 Å². The van der Waals surface area contributed by atoms with E-state index in [4.69, 9.17) is 10.5 Å². The van der Waals surface area contributed by atoms with Gasteiger partial charge in [-0.3, -0.25) is 19.8 Å². The second-order valence-electron chi connectivity index (χ2n) is 6.20. The lowest BCUT2D eigenvalue weighted by molar-refractivity contribution is -0.385. The number of nitro groups is 1. The van der Waals surface area contributed by atoms with E-state index in [1.807, 2.05) is 4.90 Å². The van der Waals surface area contributed by atoms with Crippen molar-refractivity contribution in [2.75, 3.05) is 50.8 Å². The second-order valence-corrected chi connectivity index (χ2v) is 6.20. The van der Waals surface area contributed by atoms with Crippen molar-refractivity contribution in [3.63, 3.8) is 0 Å². The Morgan fingerprint density at radius 3 is 2.75 bits per heavy atom. The summed E-state index contributed by atoms with van der Waals surface area (Å²) in [6, 6.07) is 1.20. The number of amides is 1. The van der Waals surface area contributed by atoms with Gasteiger partial charge in [-0.15, -0.1) is 0 Å². The van der Waals surface area contributed by atoms with E-state index in [-0.39, 0.29) is 11.3 Å². The predicted molar refractivity (Wildman–Crippen MR) is 87.0 cm³/mol. The summed E-state index contributed by atoms with van der Waals surface area (Å²) >= 11 is 0. The maximum atomic E-state index is 11.6. The molecule has 1 amide bonds. The number of piperazine rings is 1. The summed E-state index contributed by atoms with van der Waals surface area (Å²) in [6.45, 7) is 5.82. The average Bonchev–Trinajstić information content (AvgIpc) is 3.08. The van der Waals surface area contributed by atoms with Gasteiger partial charge >= 0.3 is 0 Å². The molecule has 2 aliphatic heterocycles. The van der Waals surface area contributed by atoms with E-state index in [9.17, 15) is 14.9 Å². The Hall–Kier alpha value is -2.26. The first kappa shape index (κ1) is 16.6. The highest BCUT2D eigenvalue weighted by atomic mass is 16.6. The third-order valence-corrected chi connectivity index (χ3v) is 4.54. The van der Waals surface area contributed by atoms with E-state index in [2.05, 4.69) is 9.88 Å². The van der Waals surface area contributed by atoms with Crippen LogP contribution in [0, 0.1) is 16.0 Å². The number of nitrogens with zero attached hydrogens (tertiary/aromatic N) is 4. The van der Waals surface area contributed by atoms with Crippen molar-refractivity contribution in [2.45, 2.75) is 6.42 Å². The Morgan fingerprint density at radius 2 is 2.17 bits per heavy atom. The highest BCUT2D eigenvalue weighted by Gasteiger charge is 2.26. The van der Waals surface area contributed by atoms with Crippen molar-refractivity contribution in [3.8, 4) is 0 Å². The van der Waals surface area contributed by atoms with Gasteiger partial charge in [0, 0.05) is 45.4 Å². The largest absolute Gasteiger partial charge is 0.381 e. The van der Waals surface area contributed by atoms with Crippen molar-refractivity contribution in [1.82, 2.24) is 9.88 Å². The summed E-state index contributed by atoms with van der Waals surface area (Å²) in [4.78, 5) is 30.4. The van der Waals surface area contributed by atoms with Gasteiger partial charge in [-0.05, 0) is 12.3 Å². The number of carbonyl (C=O) groups excluding carboxylic acids is 1. The molecule has 130 valence electrons. The van der Waals surface area contributed by atoms with Crippen molar-refractivity contribution in [1.29, 1.82) is 0 Å². The summed E-state index contributed by atoms with van der Waals surface area (Å²) in [5.74, 6) is 0.318. The van der Waals surface area contributed by atoms with Crippen molar-refractivity contribution >= 4 is 17.4 Å². The average molecular weight is 335 g/mol. The zero-order valence-electron chi connectivity index (χ0n) is 13.4. The number of anilines is 1. The van der Waals surface area contributed by atoms with Crippen molar-refractivity contribution in [3.05, 3.63) is 27.9 Å². The maximum absolute atomic E-state index is 11.6. The van der Waals surface area contributed by atoms with Crippen LogP contribution in [0.15, 0.2) is 12.3 Å². The zero-order valence-corrected chi connectivity index (χ0v) is 13.4. The Kier molecular flexibility index (Phi) is 4.91. The molecule has 9 nitrogen and oxygen atoms in total. The highest BCUT2D eigenvalue weighted by Crippen LogP contribution is 2.24. The van der Waals surface area contributed by atoms with Gasteiger partial charge < -0.3 is 15.4 Å². The Labute approximate surface area is 139 Å². The van der Waals surface area contributed by atoms with Gasteiger partial charge in [0.05, 0.1) is 17.1 Å². The number of primary amides is 1. The normalized spacial score (nSPS) is 21.8. The lowest BCUT2D eigenvalue weighted by atomic mass is 10.1. The molecule has 2 aliphatic rings. The predicted octanol–water partition coefficient (Wildman–Crippen LogP) is 0.247. The van der Waals surface area contributed by atoms with E-state index >= 15 is 0 Å². The number of carbonyl (C=O) groups is 1. The lowest BCUT2D eigenvalue weighted by Gasteiger charge is -2.36. The summed E-state index contributed by atoms with van der Waals surface area (Å²) in [5.41, 5.74) is 5.24. The molecule has 1 aromatic heterocycles. The third kappa shape index (κ3) is 3.62. The number of hydrogen-bond acceptors (Lipinski definition) is 7. The molecule has 2 saturated heterocycles. The Bertz CT molecular complexity index is 624. The molecule has 0 saturated carbocycles. The molecule has 0 radical (unpaired) electrons. The monoisotopic (exact) mass is 335 g/mol. The molecular weight excluding hydrogens is 314 g/mol. The number of nitrogens with two attached hydrogens (primary N) is 1. The summed E-state index contributed by atoms with van der Waals surface area (Å²) in [6.07, 6.45) is 2.28. The van der Waals surface area contributed by atoms with E-state index in [0.717, 1.165) is 39.3 Å². The van der Waals surface area contributed by atoms with Crippen LogP contribution in [0.3, 0.4) is 0 Å². The van der Waals surface area contributed by atoms with Crippen LogP contribution in [0.4, 0.5) is 11.5 Å². The van der Waals surface area contributed by atoms with E-state index < -0.39 is 10.8 Å². The van der Waals surface area contributed by atoms with Gasteiger partial charge in [0.1, 0.15) is 12.0 Å². The van der Waals surface area contributed by atoms with Crippen LogP contribution < -0.4 is 10.6 Å². The number of ether oxygens (including phenoxy) is 1. The van der Waals surface area contributed by atoms with E-state index in [0.29, 0.717) is 24.8 Å². The first-order valence-electron chi connectivity index (χ1n) is 8.04. The van der Waals surface area contributed by atoms with Crippen molar-refractivity contribution < 1.29 is 14.5 Å². The Morgan fingerprint density at radius 1 is 1.42 bits per heavy atom. The smallest absolute Gasteiger partial charge is 0.288 e. The molecule has 0 aliphatic carbocycles. The van der Waals surface area contributed by atoms with Gasteiger partial charge in [0.15, 0.2) is 0 Å². The van der Waals surface area contributed by atoms with E-state index in [1.54, 1.807) is 0 Å². The summed E-state index contributed by atoms with van der Waals surface area (Å²) < 4.78 is 5.41. The number of hydrogen-bond donors (Lipinski definition) is 1. The quantitative estimate of drug-likeness (QED) is 0.605. The van der Waals surface area contributed by atoms with Gasteiger partial charge in [0.25, 0.3) is 11.6 Å². The maximum Gasteiger partial charge on any atom is 0.288 e. The molecule has 0 aromatic carbocycles. The van der Waals surface area contributed by atoms with Gasteiger partial charge in [-0.2, -0.15) is 0 Å². The van der Waals surface area contributed by atoms with Crippen LogP contribution in [0.25, 0.3) is 0 Å². The molecule has 9 heteroatoms. The molecule has 0 spiro atoms. The lowest BCUT2D eigenvalue weighted by Crippen LogP contribution is -2.48. The van der Waals surface area contributed by atoms with Gasteiger partial charge in [0.2, 0.25) is 0 Å². The fraction of sp³-hybridized carbons (Fsp3) is 0.600. The number of rotatable bonds is 5. The van der Waals surface area contributed by atoms with Gasteiger partial charge in [-0.25, -0.2) is 4.98 Å². The molecule has 2 N–H and O–H groups in total. The van der Waals surface area contributed by atoms with Crippen LogP contribution in [0.2, 0.25) is 0 Å². The highest BCUT2D eigenvalue weighted by molar-refractivity contribution is 5.98. The molecule has 0 bridgehead atoms. The molecule has 24 heavy (non-hydrogen) atoms. The zero-order chi connectivity index (χ0) is 17.1. The molecule has 2 fully saturated rings. The van der Waals surface area contributed by atoms with Crippen LogP contribution in [-0.2, 0) is 4.74 Å². The molecule has 1 aromatic rings. The molecule has 1 unspecified atom stereocenters. The fourth-order valence-electron chi connectivity index (χ4n) is 3.21. The minimum Gasteiger partial charge on any atom is -0.381 e. The molecule has 3 rings (SSSR count). The van der Waals surface area contributed by atoms with Crippen molar-refractivity contribution in [2.24, 2.45) is 11.7 Å². The Balaban J connectivity index is 1.67. The SMILES string of the molecule is NC(=O)c1cc([N+](=O)[O-])cnc1N1CCN(CC2CCOC2)CC1. The first-order valence-corrected chi connectivity index (χ1v) is 8.04. The minimum atomic E-state index is -0.702. The van der Waals surface area contributed by atoms with Crippen LogP contribution >= 0.6 is 0 Å². The molecular formula is C15H21N5O4. The fourth-order valence-corrected chi connectivity index (χ4v) is 3.21. The third-order valence-electron chi connectivity index (χ3n) is 4.54. The van der Waals surface area contributed by atoms with Crippen LogP contribution in [0.5, 0.6) is 0 Å². The topological polar surface area (TPSA) is 115 Å². The number of pyridine rings is 1. The second kappa shape index (κ2) is 7.10. The molecule has 3 heterocycles. The first-order chi connectivity index (χ1) is 11.5. The summed E-state index contributed by atoms with van der Waals surface area (Å²) in [7, 11) is 0. The van der Waals surface area contributed by atoms with Crippen LogP contribution in [0.1, 0.15) is 16.8 Å². The standard InChI is InChI=1S/C15H21N5O4/c16-14(21)13-7-12(20(22)23)8-17-15(13)19-4-2-18(3-5-19)9-11-1-6-24-10-11/h7-8,11H,1-6,9-10H2,(H2,16,21). The molecule has 1 atom stereocenters. The summed E-state index contributed by atoms with van der Waals surface area (Å²) in [5, 5.41) is 10.9. The minimum absolute atomic E-state index is 0.0989. The van der Waals surface area contributed by atoms with Gasteiger partial charge in [-0.1, -0.05) is 0 Å². The number of aromatic nitrogens is 1. The van der Waals surface area contributed by atoms with Crippen LogP contribution in [-0.4, -0.2) is 66.7 Å².